The van der Waals surface area contributed by atoms with E-state index in [9.17, 15) is 4.79 Å². The molecule has 3 aromatic heterocycles. The Labute approximate surface area is 157 Å². The normalized spacial score (nSPS) is 15.0. The van der Waals surface area contributed by atoms with Crippen LogP contribution in [-0.2, 0) is 13.0 Å². The summed E-state index contributed by atoms with van der Waals surface area (Å²) in [5.41, 5.74) is 2.04. The molecule has 8 nitrogen and oxygen atoms in total. The van der Waals surface area contributed by atoms with Crippen LogP contribution < -0.4 is 10.6 Å². The predicted octanol–water partition coefficient (Wildman–Crippen LogP) is 2.23. The van der Waals surface area contributed by atoms with Crippen molar-refractivity contribution in [3.8, 4) is 0 Å². The standard InChI is InChI=1S/C19H22N6O2/c26-19(17-13-16(24-27-17)15-3-9-21-10-4-15)22-18-6-12-25(23-18)11-5-14-1-7-20-8-2-14/h1-2,6-8,12-13,15,21H,3-5,9-11H2,(H,22,23,26). The van der Waals surface area contributed by atoms with Gasteiger partial charge < -0.3 is 15.2 Å². The zero-order chi connectivity index (χ0) is 18.5. The average molecular weight is 366 g/mol. The zero-order valence-electron chi connectivity index (χ0n) is 15.0. The molecule has 27 heavy (non-hydrogen) atoms. The largest absolute Gasteiger partial charge is 0.351 e. The molecule has 4 heterocycles. The highest BCUT2D eigenvalue weighted by Gasteiger charge is 2.21. The van der Waals surface area contributed by atoms with E-state index in [2.05, 4.69) is 25.9 Å². The molecule has 0 saturated carbocycles. The summed E-state index contributed by atoms with van der Waals surface area (Å²) in [4.78, 5) is 16.4. The molecule has 0 bridgehead atoms. The van der Waals surface area contributed by atoms with E-state index in [1.807, 2.05) is 18.3 Å². The van der Waals surface area contributed by atoms with Gasteiger partial charge in [0.15, 0.2) is 5.82 Å². The first-order chi connectivity index (χ1) is 13.3. The van der Waals surface area contributed by atoms with Crippen molar-refractivity contribution in [2.24, 2.45) is 0 Å². The van der Waals surface area contributed by atoms with Gasteiger partial charge >= 0.3 is 0 Å². The minimum atomic E-state index is -0.331. The Bertz CT molecular complexity index is 883. The Hall–Kier alpha value is -3.00. The summed E-state index contributed by atoms with van der Waals surface area (Å²) in [7, 11) is 0. The minimum Gasteiger partial charge on any atom is -0.351 e. The Balaban J connectivity index is 1.33. The van der Waals surface area contributed by atoms with Crippen LogP contribution in [0.4, 0.5) is 5.82 Å². The lowest BCUT2D eigenvalue weighted by Gasteiger charge is -2.19. The number of carbonyl (C=O) groups excluding carboxylic acids is 1. The highest BCUT2D eigenvalue weighted by Crippen LogP contribution is 2.24. The number of amides is 1. The van der Waals surface area contributed by atoms with E-state index in [4.69, 9.17) is 4.52 Å². The fourth-order valence-electron chi connectivity index (χ4n) is 3.23. The lowest BCUT2D eigenvalue weighted by atomic mass is 9.94. The molecule has 2 N–H and O–H groups in total. The van der Waals surface area contributed by atoms with Crippen molar-refractivity contribution in [1.29, 1.82) is 0 Å². The first-order valence-electron chi connectivity index (χ1n) is 9.19. The first kappa shape index (κ1) is 17.4. The van der Waals surface area contributed by atoms with Crippen molar-refractivity contribution in [2.45, 2.75) is 31.7 Å². The summed E-state index contributed by atoms with van der Waals surface area (Å²) in [6, 6.07) is 7.48. The molecule has 140 valence electrons. The Morgan fingerprint density at radius 1 is 1.26 bits per heavy atom. The van der Waals surface area contributed by atoms with E-state index < -0.39 is 0 Å². The minimum absolute atomic E-state index is 0.217. The molecule has 0 unspecified atom stereocenters. The third kappa shape index (κ3) is 4.40. The van der Waals surface area contributed by atoms with E-state index in [-0.39, 0.29) is 11.7 Å². The van der Waals surface area contributed by atoms with Gasteiger partial charge in [-0.05, 0) is 50.0 Å². The van der Waals surface area contributed by atoms with E-state index in [1.165, 1.54) is 5.56 Å². The average Bonchev–Trinajstić information content (AvgIpc) is 3.38. The molecule has 0 atom stereocenters. The van der Waals surface area contributed by atoms with Crippen LogP contribution in [0.5, 0.6) is 0 Å². The fourth-order valence-corrected chi connectivity index (χ4v) is 3.23. The number of aromatic nitrogens is 4. The van der Waals surface area contributed by atoms with Gasteiger partial charge in [-0.15, -0.1) is 0 Å². The molecule has 4 rings (SSSR count). The molecule has 0 radical (unpaired) electrons. The van der Waals surface area contributed by atoms with E-state index in [1.54, 1.807) is 29.2 Å². The second-order valence-electron chi connectivity index (χ2n) is 6.66. The Morgan fingerprint density at radius 3 is 2.89 bits per heavy atom. The second-order valence-corrected chi connectivity index (χ2v) is 6.66. The molecule has 3 aromatic rings. The van der Waals surface area contributed by atoms with Crippen LogP contribution in [0.2, 0.25) is 0 Å². The number of rotatable bonds is 6. The number of aryl methyl sites for hydroxylation is 2. The number of carbonyl (C=O) groups is 1. The summed E-state index contributed by atoms with van der Waals surface area (Å²) in [6.45, 7) is 2.66. The van der Waals surface area contributed by atoms with Crippen molar-refractivity contribution < 1.29 is 9.32 Å². The molecule has 0 spiro atoms. The van der Waals surface area contributed by atoms with Crippen molar-refractivity contribution in [1.82, 2.24) is 25.2 Å². The molecule has 1 saturated heterocycles. The van der Waals surface area contributed by atoms with Crippen LogP contribution in [-0.4, -0.2) is 38.9 Å². The maximum Gasteiger partial charge on any atom is 0.295 e. The Kier molecular flexibility index (Phi) is 5.24. The highest BCUT2D eigenvalue weighted by atomic mass is 16.5. The molecular weight excluding hydrogens is 344 g/mol. The van der Waals surface area contributed by atoms with Gasteiger partial charge in [0, 0.05) is 43.2 Å². The number of hydrogen-bond acceptors (Lipinski definition) is 6. The second kappa shape index (κ2) is 8.13. The quantitative estimate of drug-likeness (QED) is 0.694. The van der Waals surface area contributed by atoms with Crippen LogP contribution in [0.1, 0.15) is 40.6 Å². The summed E-state index contributed by atoms with van der Waals surface area (Å²) >= 11 is 0. The number of nitrogens with one attached hydrogen (secondary N) is 2. The topological polar surface area (TPSA) is 97.9 Å². The van der Waals surface area contributed by atoms with Crippen molar-refractivity contribution >= 4 is 11.7 Å². The smallest absolute Gasteiger partial charge is 0.295 e. The van der Waals surface area contributed by atoms with Gasteiger partial charge in [-0.3, -0.25) is 14.5 Å². The first-order valence-corrected chi connectivity index (χ1v) is 9.19. The summed E-state index contributed by atoms with van der Waals surface area (Å²) < 4.78 is 7.04. The van der Waals surface area contributed by atoms with Gasteiger partial charge in [-0.1, -0.05) is 5.16 Å². The highest BCUT2D eigenvalue weighted by molar-refractivity contribution is 6.01. The lowest BCUT2D eigenvalue weighted by Crippen LogP contribution is -2.26. The monoisotopic (exact) mass is 366 g/mol. The SMILES string of the molecule is O=C(Nc1ccn(CCc2ccncc2)n1)c1cc(C2CCNCC2)no1. The van der Waals surface area contributed by atoms with Gasteiger partial charge in [0.05, 0.1) is 5.69 Å². The van der Waals surface area contributed by atoms with Gasteiger partial charge in [0.25, 0.3) is 5.91 Å². The van der Waals surface area contributed by atoms with Crippen LogP contribution in [0.3, 0.4) is 0 Å². The van der Waals surface area contributed by atoms with Gasteiger partial charge in [0.2, 0.25) is 5.76 Å². The van der Waals surface area contributed by atoms with Crippen LogP contribution in [0, 0.1) is 0 Å². The maximum absolute atomic E-state index is 12.4. The fraction of sp³-hybridized carbons (Fsp3) is 0.368. The number of piperidine rings is 1. The van der Waals surface area contributed by atoms with Gasteiger partial charge in [0.1, 0.15) is 0 Å². The number of pyridine rings is 1. The van der Waals surface area contributed by atoms with E-state index in [0.717, 1.165) is 44.6 Å². The third-order valence-electron chi connectivity index (χ3n) is 4.77. The van der Waals surface area contributed by atoms with Crippen molar-refractivity contribution in [3.05, 3.63) is 59.9 Å². The number of anilines is 1. The Morgan fingerprint density at radius 2 is 2.07 bits per heavy atom. The van der Waals surface area contributed by atoms with Crippen molar-refractivity contribution in [3.63, 3.8) is 0 Å². The molecule has 1 amide bonds. The molecule has 1 aliphatic heterocycles. The van der Waals surface area contributed by atoms with E-state index in [0.29, 0.717) is 11.7 Å². The van der Waals surface area contributed by atoms with E-state index >= 15 is 0 Å². The van der Waals surface area contributed by atoms with Gasteiger partial charge in [-0.2, -0.15) is 5.10 Å². The molecule has 1 fully saturated rings. The summed E-state index contributed by atoms with van der Waals surface area (Å²) in [5.74, 6) is 0.732. The lowest BCUT2D eigenvalue weighted by molar-refractivity contribution is 0.0987. The molecule has 8 heteroatoms. The number of nitrogens with zero attached hydrogens (tertiary/aromatic N) is 4. The van der Waals surface area contributed by atoms with Crippen LogP contribution >= 0.6 is 0 Å². The molecule has 1 aliphatic rings. The van der Waals surface area contributed by atoms with Crippen LogP contribution in [0.25, 0.3) is 0 Å². The maximum atomic E-state index is 12.4. The molecular formula is C19H22N6O2. The van der Waals surface area contributed by atoms with Gasteiger partial charge in [-0.25, -0.2) is 0 Å². The van der Waals surface area contributed by atoms with Crippen molar-refractivity contribution in [2.75, 3.05) is 18.4 Å². The predicted molar refractivity (Wildman–Crippen MR) is 99.5 cm³/mol. The third-order valence-corrected chi connectivity index (χ3v) is 4.77. The summed E-state index contributed by atoms with van der Waals surface area (Å²) in [6.07, 6.45) is 8.26. The van der Waals surface area contributed by atoms with Crippen LogP contribution in [0.15, 0.2) is 47.4 Å². The molecule has 0 aliphatic carbocycles. The molecule has 0 aromatic carbocycles. The summed E-state index contributed by atoms with van der Waals surface area (Å²) in [5, 5.41) is 14.5. The zero-order valence-corrected chi connectivity index (χ0v) is 15.0. The number of hydrogen-bond donors (Lipinski definition) is 2.